The molecular weight excluding hydrogens is 184 g/mol. The van der Waals surface area contributed by atoms with E-state index in [0.717, 1.165) is 19.4 Å². The lowest BCUT2D eigenvalue weighted by Crippen LogP contribution is -2.48. The van der Waals surface area contributed by atoms with Gasteiger partial charge < -0.3 is 10.6 Å². The number of nitrogens with zero attached hydrogens (tertiary/aromatic N) is 1. The van der Waals surface area contributed by atoms with Crippen LogP contribution in [0.3, 0.4) is 0 Å². The topological polar surface area (TPSA) is 29.3 Å². The Morgan fingerprint density at radius 3 is 2.13 bits per heavy atom. The fourth-order valence-electron chi connectivity index (χ4n) is 1.72. The Morgan fingerprint density at radius 1 is 1.13 bits per heavy atom. The van der Waals surface area contributed by atoms with Crippen LogP contribution in [0.5, 0.6) is 0 Å². The van der Waals surface area contributed by atoms with Crippen LogP contribution in [0.4, 0.5) is 5.69 Å². The molecule has 0 radical (unpaired) electrons. The zero-order valence-electron chi connectivity index (χ0n) is 10.0. The molecule has 0 aliphatic rings. The minimum absolute atomic E-state index is 0.0649. The Bertz CT molecular complexity index is 278. The van der Waals surface area contributed by atoms with E-state index in [1.807, 2.05) is 6.07 Å². The van der Waals surface area contributed by atoms with Gasteiger partial charge in [-0.05, 0) is 25.0 Å². The van der Waals surface area contributed by atoms with Crippen LogP contribution in [0, 0.1) is 0 Å². The standard InChI is InChI=1S/C13H22N2/c1-4-13(14,5-2)11-15(3)12-9-7-6-8-10-12/h6-10H,4-5,11,14H2,1-3H3. The van der Waals surface area contributed by atoms with Gasteiger partial charge in [0.05, 0.1) is 0 Å². The molecule has 84 valence electrons. The summed E-state index contributed by atoms with van der Waals surface area (Å²) in [6.07, 6.45) is 2.03. The van der Waals surface area contributed by atoms with E-state index in [-0.39, 0.29) is 5.54 Å². The van der Waals surface area contributed by atoms with Crippen LogP contribution in [0.15, 0.2) is 30.3 Å². The molecule has 1 aromatic rings. The fraction of sp³-hybridized carbons (Fsp3) is 0.538. The number of hydrogen-bond acceptors (Lipinski definition) is 2. The molecule has 0 fully saturated rings. The summed E-state index contributed by atoms with van der Waals surface area (Å²) in [6.45, 7) is 5.22. The normalized spacial score (nSPS) is 11.5. The monoisotopic (exact) mass is 206 g/mol. The van der Waals surface area contributed by atoms with E-state index in [9.17, 15) is 0 Å². The van der Waals surface area contributed by atoms with Crippen LogP contribution in [0.1, 0.15) is 26.7 Å². The van der Waals surface area contributed by atoms with Crippen molar-refractivity contribution in [1.82, 2.24) is 0 Å². The first kappa shape index (κ1) is 12.1. The first-order valence-electron chi connectivity index (χ1n) is 5.66. The van der Waals surface area contributed by atoms with Gasteiger partial charge in [0.25, 0.3) is 0 Å². The molecule has 0 atom stereocenters. The highest BCUT2D eigenvalue weighted by Crippen LogP contribution is 2.17. The first-order valence-corrected chi connectivity index (χ1v) is 5.66. The SMILES string of the molecule is CCC(N)(CC)CN(C)c1ccccc1. The molecule has 1 rings (SSSR count). The molecule has 0 spiro atoms. The van der Waals surface area contributed by atoms with Crippen molar-refractivity contribution in [3.63, 3.8) is 0 Å². The third kappa shape index (κ3) is 3.24. The number of benzene rings is 1. The highest BCUT2D eigenvalue weighted by Gasteiger charge is 2.22. The van der Waals surface area contributed by atoms with Crippen molar-refractivity contribution in [2.24, 2.45) is 5.73 Å². The number of anilines is 1. The molecule has 0 heterocycles. The zero-order valence-corrected chi connectivity index (χ0v) is 10.0. The summed E-state index contributed by atoms with van der Waals surface area (Å²) >= 11 is 0. The Hall–Kier alpha value is -1.02. The number of hydrogen-bond donors (Lipinski definition) is 1. The molecule has 2 heteroatoms. The van der Waals surface area contributed by atoms with E-state index in [1.54, 1.807) is 0 Å². The fourth-order valence-corrected chi connectivity index (χ4v) is 1.72. The minimum Gasteiger partial charge on any atom is -0.373 e. The van der Waals surface area contributed by atoms with E-state index < -0.39 is 0 Å². The highest BCUT2D eigenvalue weighted by atomic mass is 15.1. The van der Waals surface area contributed by atoms with Crippen molar-refractivity contribution in [2.75, 3.05) is 18.5 Å². The molecule has 0 saturated carbocycles. The maximum absolute atomic E-state index is 6.29. The molecule has 0 amide bonds. The van der Waals surface area contributed by atoms with Crippen LogP contribution in [-0.2, 0) is 0 Å². The third-order valence-electron chi connectivity index (χ3n) is 3.16. The molecular formula is C13H22N2. The van der Waals surface area contributed by atoms with E-state index in [4.69, 9.17) is 5.73 Å². The van der Waals surface area contributed by atoms with E-state index >= 15 is 0 Å². The largest absolute Gasteiger partial charge is 0.373 e. The van der Waals surface area contributed by atoms with Gasteiger partial charge in [0.15, 0.2) is 0 Å². The van der Waals surface area contributed by atoms with Gasteiger partial charge in [-0.1, -0.05) is 32.0 Å². The molecule has 15 heavy (non-hydrogen) atoms. The summed E-state index contributed by atoms with van der Waals surface area (Å²) in [4.78, 5) is 2.23. The predicted octanol–water partition coefficient (Wildman–Crippen LogP) is 2.64. The van der Waals surface area contributed by atoms with Crippen LogP contribution < -0.4 is 10.6 Å². The van der Waals surface area contributed by atoms with Crippen LogP contribution in [-0.4, -0.2) is 19.1 Å². The van der Waals surface area contributed by atoms with Gasteiger partial charge in [-0.15, -0.1) is 0 Å². The summed E-state index contributed by atoms with van der Waals surface area (Å²) < 4.78 is 0. The number of para-hydroxylation sites is 1. The van der Waals surface area contributed by atoms with Crippen LogP contribution >= 0.6 is 0 Å². The van der Waals surface area contributed by atoms with Gasteiger partial charge in [0.1, 0.15) is 0 Å². The smallest absolute Gasteiger partial charge is 0.0364 e. The second kappa shape index (κ2) is 5.17. The van der Waals surface area contributed by atoms with E-state index in [1.165, 1.54) is 5.69 Å². The minimum atomic E-state index is -0.0649. The molecule has 2 nitrogen and oxygen atoms in total. The average Bonchev–Trinajstić information content (AvgIpc) is 2.30. The lowest BCUT2D eigenvalue weighted by Gasteiger charge is -2.33. The summed E-state index contributed by atoms with van der Waals surface area (Å²) in [5, 5.41) is 0. The van der Waals surface area contributed by atoms with Gasteiger partial charge in [0, 0.05) is 24.8 Å². The van der Waals surface area contributed by atoms with Crippen LogP contribution in [0.25, 0.3) is 0 Å². The number of likely N-dealkylation sites (N-methyl/N-ethyl adjacent to an activating group) is 1. The van der Waals surface area contributed by atoms with Crippen molar-refractivity contribution in [2.45, 2.75) is 32.2 Å². The molecule has 0 aliphatic heterocycles. The van der Waals surface area contributed by atoms with Gasteiger partial charge in [-0.2, -0.15) is 0 Å². The maximum Gasteiger partial charge on any atom is 0.0364 e. The van der Waals surface area contributed by atoms with Gasteiger partial charge in [-0.25, -0.2) is 0 Å². The zero-order chi connectivity index (χ0) is 11.3. The van der Waals surface area contributed by atoms with Gasteiger partial charge >= 0.3 is 0 Å². The lowest BCUT2D eigenvalue weighted by atomic mass is 9.93. The molecule has 0 bridgehead atoms. The predicted molar refractivity (Wildman–Crippen MR) is 67.2 cm³/mol. The summed E-state index contributed by atoms with van der Waals surface area (Å²) in [7, 11) is 2.10. The van der Waals surface area contributed by atoms with Crippen molar-refractivity contribution < 1.29 is 0 Å². The van der Waals surface area contributed by atoms with Crippen molar-refractivity contribution >= 4 is 5.69 Å². The number of rotatable bonds is 5. The lowest BCUT2D eigenvalue weighted by molar-refractivity contribution is 0.400. The average molecular weight is 206 g/mol. The Kier molecular flexibility index (Phi) is 4.15. The third-order valence-corrected chi connectivity index (χ3v) is 3.16. The summed E-state index contributed by atoms with van der Waals surface area (Å²) in [5.41, 5.74) is 7.46. The summed E-state index contributed by atoms with van der Waals surface area (Å²) in [5.74, 6) is 0. The highest BCUT2D eigenvalue weighted by molar-refractivity contribution is 5.45. The summed E-state index contributed by atoms with van der Waals surface area (Å²) in [6, 6.07) is 10.4. The quantitative estimate of drug-likeness (QED) is 0.802. The Labute approximate surface area is 93.1 Å². The Morgan fingerprint density at radius 2 is 1.67 bits per heavy atom. The van der Waals surface area contributed by atoms with Gasteiger partial charge in [0.2, 0.25) is 0 Å². The van der Waals surface area contributed by atoms with E-state index in [2.05, 4.69) is 50.1 Å². The molecule has 1 aromatic carbocycles. The van der Waals surface area contributed by atoms with Crippen LogP contribution in [0.2, 0.25) is 0 Å². The van der Waals surface area contributed by atoms with Crippen molar-refractivity contribution in [3.8, 4) is 0 Å². The molecule has 0 aliphatic carbocycles. The molecule has 0 aromatic heterocycles. The van der Waals surface area contributed by atoms with Gasteiger partial charge in [-0.3, -0.25) is 0 Å². The molecule has 0 saturated heterocycles. The maximum atomic E-state index is 6.29. The molecule has 0 unspecified atom stereocenters. The Balaban J connectivity index is 2.67. The molecule has 2 N–H and O–H groups in total. The van der Waals surface area contributed by atoms with E-state index in [0.29, 0.717) is 0 Å². The second-order valence-corrected chi connectivity index (χ2v) is 4.26. The first-order chi connectivity index (χ1) is 7.11. The number of nitrogens with two attached hydrogens (primary N) is 1. The second-order valence-electron chi connectivity index (χ2n) is 4.26. The van der Waals surface area contributed by atoms with Crippen molar-refractivity contribution in [1.29, 1.82) is 0 Å². The van der Waals surface area contributed by atoms with Crippen molar-refractivity contribution in [3.05, 3.63) is 30.3 Å².